The normalized spacial score (nSPS) is 22.0. The average Bonchev–Trinajstić information content (AvgIpc) is 2.21. The van der Waals surface area contributed by atoms with Gasteiger partial charge in [0.25, 0.3) is 0 Å². The van der Waals surface area contributed by atoms with E-state index in [0.717, 1.165) is 25.7 Å². The minimum atomic E-state index is -0.267. The molecule has 2 nitrogen and oxygen atoms in total. The fraction of sp³-hybridized carbons (Fsp3) is 0.923. The molecule has 2 heteroatoms. The van der Waals surface area contributed by atoms with Crippen LogP contribution in [0, 0.1) is 5.41 Å². The van der Waals surface area contributed by atoms with Crippen molar-refractivity contribution in [2.24, 2.45) is 5.41 Å². The summed E-state index contributed by atoms with van der Waals surface area (Å²) in [7, 11) is 0. The Kier molecular flexibility index (Phi) is 3.80. The van der Waals surface area contributed by atoms with Crippen molar-refractivity contribution in [2.75, 3.05) is 0 Å². The number of hydrogen-bond acceptors (Lipinski definition) is 2. The van der Waals surface area contributed by atoms with E-state index < -0.39 is 0 Å². The lowest BCUT2D eigenvalue weighted by molar-refractivity contribution is -0.240. The van der Waals surface area contributed by atoms with Crippen LogP contribution < -0.4 is 0 Å². The van der Waals surface area contributed by atoms with Crippen LogP contribution >= 0.6 is 0 Å². The molecule has 0 aromatic rings. The molecule has 0 saturated carbocycles. The average molecular weight is 212 g/mol. The van der Waals surface area contributed by atoms with Gasteiger partial charge in [-0.3, -0.25) is 4.79 Å². The number of carbonyl (C=O) groups is 1. The van der Waals surface area contributed by atoms with Crippen LogP contribution in [0.15, 0.2) is 0 Å². The first-order valence-corrected chi connectivity index (χ1v) is 6.23. The Hall–Kier alpha value is -0.530. The van der Waals surface area contributed by atoms with Crippen LogP contribution in [0.3, 0.4) is 0 Å². The van der Waals surface area contributed by atoms with Crippen molar-refractivity contribution in [3.8, 4) is 0 Å². The Morgan fingerprint density at radius 3 is 1.80 bits per heavy atom. The first-order chi connectivity index (χ1) is 7.00. The van der Waals surface area contributed by atoms with Crippen molar-refractivity contribution in [3.63, 3.8) is 0 Å². The van der Waals surface area contributed by atoms with Crippen molar-refractivity contribution in [1.82, 2.24) is 0 Å². The van der Waals surface area contributed by atoms with Crippen molar-refractivity contribution in [1.29, 1.82) is 0 Å². The van der Waals surface area contributed by atoms with Gasteiger partial charge in [-0.1, -0.05) is 26.7 Å². The summed E-state index contributed by atoms with van der Waals surface area (Å²) < 4.78 is 5.51. The Bertz CT molecular complexity index is 223. The second kappa shape index (κ2) is 4.54. The summed E-state index contributed by atoms with van der Waals surface area (Å²) in [5.41, 5.74) is -0.423. The zero-order valence-electron chi connectivity index (χ0n) is 10.6. The second-order valence-corrected chi connectivity index (χ2v) is 5.22. The SMILES string of the molecule is CCCCC1(CCCC)OC(=O)C1(C)C. The molecule has 0 bridgehead atoms. The summed E-state index contributed by atoms with van der Waals surface area (Å²) in [6.45, 7) is 8.43. The van der Waals surface area contributed by atoms with Gasteiger partial charge in [-0.15, -0.1) is 0 Å². The van der Waals surface area contributed by atoms with Gasteiger partial charge in [0, 0.05) is 0 Å². The number of unbranched alkanes of at least 4 members (excludes halogenated alkanes) is 2. The zero-order chi connectivity index (χ0) is 11.5. The Balaban J connectivity index is 2.66. The van der Waals surface area contributed by atoms with Crippen LogP contribution in [0.25, 0.3) is 0 Å². The van der Waals surface area contributed by atoms with E-state index in [4.69, 9.17) is 4.74 Å². The van der Waals surface area contributed by atoms with E-state index in [1.807, 2.05) is 13.8 Å². The molecule has 1 saturated heterocycles. The highest BCUT2D eigenvalue weighted by Gasteiger charge is 2.61. The minimum absolute atomic E-state index is 0.0188. The lowest BCUT2D eigenvalue weighted by atomic mass is 9.65. The summed E-state index contributed by atoms with van der Waals surface area (Å²) in [5, 5.41) is 0. The predicted molar refractivity (Wildman–Crippen MR) is 61.7 cm³/mol. The van der Waals surface area contributed by atoms with Crippen LogP contribution in [0.5, 0.6) is 0 Å². The van der Waals surface area contributed by atoms with Gasteiger partial charge in [0.1, 0.15) is 11.0 Å². The summed E-state index contributed by atoms with van der Waals surface area (Å²) >= 11 is 0. The molecule has 0 aromatic heterocycles. The number of rotatable bonds is 6. The standard InChI is InChI=1S/C13H24O2/c1-5-7-9-13(10-8-6-2)12(3,4)11(14)15-13/h5-10H2,1-4H3. The molecular weight excluding hydrogens is 188 g/mol. The third-order valence-electron chi connectivity index (χ3n) is 3.81. The maximum atomic E-state index is 11.5. The predicted octanol–water partition coefficient (Wildman–Crippen LogP) is 3.69. The summed E-state index contributed by atoms with van der Waals surface area (Å²) in [6, 6.07) is 0. The van der Waals surface area contributed by atoms with E-state index >= 15 is 0 Å². The van der Waals surface area contributed by atoms with E-state index in [0.29, 0.717) is 0 Å². The molecule has 1 heterocycles. The first-order valence-electron chi connectivity index (χ1n) is 6.23. The quantitative estimate of drug-likeness (QED) is 0.628. The summed E-state index contributed by atoms with van der Waals surface area (Å²) in [4.78, 5) is 11.5. The minimum Gasteiger partial charge on any atom is -0.457 e. The van der Waals surface area contributed by atoms with E-state index in [1.54, 1.807) is 0 Å². The molecule has 88 valence electrons. The smallest absolute Gasteiger partial charge is 0.316 e. The Labute approximate surface area is 93.4 Å². The summed E-state index contributed by atoms with van der Waals surface area (Å²) in [5.74, 6) is -0.0188. The Morgan fingerprint density at radius 2 is 1.53 bits per heavy atom. The topological polar surface area (TPSA) is 26.3 Å². The maximum absolute atomic E-state index is 11.5. The highest BCUT2D eigenvalue weighted by atomic mass is 16.6. The van der Waals surface area contributed by atoms with Gasteiger partial charge in [-0.2, -0.15) is 0 Å². The molecule has 0 unspecified atom stereocenters. The second-order valence-electron chi connectivity index (χ2n) is 5.22. The highest BCUT2D eigenvalue weighted by molar-refractivity contribution is 5.84. The number of ether oxygens (including phenoxy) is 1. The largest absolute Gasteiger partial charge is 0.457 e. The van der Waals surface area contributed by atoms with Gasteiger partial charge in [0.05, 0.1) is 0 Å². The molecule has 15 heavy (non-hydrogen) atoms. The van der Waals surface area contributed by atoms with Gasteiger partial charge >= 0.3 is 5.97 Å². The molecule has 0 spiro atoms. The van der Waals surface area contributed by atoms with Gasteiger partial charge in [-0.05, 0) is 39.5 Å². The zero-order valence-corrected chi connectivity index (χ0v) is 10.6. The third kappa shape index (κ3) is 2.04. The van der Waals surface area contributed by atoms with Crippen LogP contribution in [-0.2, 0) is 9.53 Å². The van der Waals surface area contributed by atoms with Crippen molar-refractivity contribution < 1.29 is 9.53 Å². The molecule has 0 amide bonds. The van der Waals surface area contributed by atoms with E-state index in [1.165, 1.54) is 12.8 Å². The van der Waals surface area contributed by atoms with Gasteiger partial charge in [0.15, 0.2) is 0 Å². The van der Waals surface area contributed by atoms with Crippen LogP contribution in [0.1, 0.15) is 66.2 Å². The van der Waals surface area contributed by atoms with Crippen LogP contribution in [0.4, 0.5) is 0 Å². The van der Waals surface area contributed by atoms with Crippen LogP contribution in [0.2, 0.25) is 0 Å². The lowest BCUT2D eigenvalue weighted by Crippen LogP contribution is -2.63. The molecule has 1 fully saturated rings. The number of esters is 1. The number of carbonyl (C=O) groups excluding carboxylic acids is 1. The molecule has 0 atom stereocenters. The first kappa shape index (κ1) is 12.5. The van der Waals surface area contributed by atoms with Crippen molar-refractivity contribution >= 4 is 5.97 Å². The highest BCUT2D eigenvalue weighted by Crippen LogP contribution is 2.51. The van der Waals surface area contributed by atoms with E-state index in [-0.39, 0.29) is 17.0 Å². The van der Waals surface area contributed by atoms with Crippen molar-refractivity contribution in [2.45, 2.75) is 71.8 Å². The van der Waals surface area contributed by atoms with E-state index in [9.17, 15) is 4.79 Å². The van der Waals surface area contributed by atoms with Crippen molar-refractivity contribution in [3.05, 3.63) is 0 Å². The third-order valence-corrected chi connectivity index (χ3v) is 3.81. The molecule has 1 aliphatic rings. The molecule has 0 aliphatic carbocycles. The molecule has 1 aliphatic heterocycles. The monoisotopic (exact) mass is 212 g/mol. The number of hydrogen-bond donors (Lipinski definition) is 0. The van der Waals surface area contributed by atoms with Gasteiger partial charge < -0.3 is 4.74 Å². The molecule has 0 N–H and O–H groups in total. The molecule has 1 rings (SSSR count). The van der Waals surface area contributed by atoms with Crippen LogP contribution in [-0.4, -0.2) is 11.6 Å². The summed E-state index contributed by atoms with van der Waals surface area (Å²) in [6.07, 6.45) is 6.70. The molecular formula is C13H24O2. The lowest BCUT2D eigenvalue weighted by Gasteiger charge is -2.54. The fourth-order valence-corrected chi connectivity index (χ4v) is 2.35. The fourth-order valence-electron chi connectivity index (χ4n) is 2.35. The molecule has 0 aromatic carbocycles. The number of cyclic esters (lactones) is 1. The molecule has 0 radical (unpaired) electrons. The van der Waals surface area contributed by atoms with Gasteiger partial charge in [0.2, 0.25) is 0 Å². The maximum Gasteiger partial charge on any atom is 0.316 e. The van der Waals surface area contributed by atoms with Gasteiger partial charge in [-0.25, -0.2) is 0 Å². The Morgan fingerprint density at radius 1 is 1.07 bits per heavy atom. The van der Waals surface area contributed by atoms with E-state index in [2.05, 4.69) is 13.8 Å².